The highest BCUT2D eigenvalue weighted by Gasteiger charge is 2.10. The van der Waals surface area contributed by atoms with E-state index in [1.165, 1.54) is 21.6 Å². The lowest BCUT2D eigenvalue weighted by atomic mass is 10.1. The van der Waals surface area contributed by atoms with Gasteiger partial charge in [0.25, 0.3) is 0 Å². The molecule has 1 aromatic heterocycles. The smallest absolute Gasteiger partial charge is 0.124 e. The Morgan fingerprint density at radius 1 is 0.789 bits per heavy atom. The van der Waals surface area contributed by atoms with E-state index >= 15 is 0 Å². The predicted octanol–water partition coefficient (Wildman–Crippen LogP) is 5.09. The second kappa shape index (κ2) is 4.98. The highest BCUT2D eigenvalue weighted by molar-refractivity contribution is 7.18. The minimum atomic E-state index is 1.09. The molecule has 0 radical (unpaired) electrons. The van der Waals surface area contributed by atoms with Gasteiger partial charge in [-0.05, 0) is 19.4 Å². The van der Waals surface area contributed by atoms with E-state index < -0.39 is 0 Å². The summed E-state index contributed by atoms with van der Waals surface area (Å²) in [6.45, 7) is 4.19. The lowest BCUT2D eigenvalue weighted by molar-refractivity contribution is 1.27. The molecule has 2 aromatic carbocycles. The summed E-state index contributed by atoms with van der Waals surface area (Å²) in [5, 5.41) is 1.09. The zero-order valence-corrected chi connectivity index (χ0v) is 11.9. The molecule has 3 rings (SSSR count). The molecule has 0 unspecified atom stereocenters. The van der Waals surface area contributed by atoms with Crippen molar-refractivity contribution >= 4 is 11.3 Å². The molecule has 0 aliphatic heterocycles. The summed E-state index contributed by atoms with van der Waals surface area (Å²) in [6, 6.07) is 19.0. The maximum atomic E-state index is 4.70. The molecule has 0 aliphatic rings. The second-order valence-electron chi connectivity index (χ2n) is 4.67. The third-order valence-electron chi connectivity index (χ3n) is 3.13. The van der Waals surface area contributed by atoms with Crippen molar-refractivity contribution in [3.63, 3.8) is 0 Å². The number of benzene rings is 2. The van der Waals surface area contributed by atoms with Crippen LogP contribution in [-0.4, -0.2) is 4.98 Å². The zero-order valence-electron chi connectivity index (χ0n) is 11.1. The first-order valence-corrected chi connectivity index (χ1v) is 7.15. The number of thiazole rings is 1. The van der Waals surface area contributed by atoms with Gasteiger partial charge in [-0.3, -0.25) is 0 Å². The van der Waals surface area contributed by atoms with E-state index in [0.29, 0.717) is 0 Å². The molecule has 0 fully saturated rings. The summed E-state index contributed by atoms with van der Waals surface area (Å²) >= 11 is 1.76. The monoisotopic (exact) mass is 265 g/mol. The number of hydrogen-bond acceptors (Lipinski definition) is 2. The van der Waals surface area contributed by atoms with Gasteiger partial charge in [0.15, 0.2) is 0 Å². The maximum absolute atomic E-state index is 4.70. The van der Waals surface area contributed by atoms with Crippen LogP contribution < -0.4 is 0 Å². The Bertz CT molecular complexity index is 681. The van der Waals surface area contributed by atoms with Gasteiger partial charge in [-0.2, -0.15) is 0 Å². The summed E-state index contributed by atoms with van der Waals surface area (Å²) in [4.78, 5) is 5.96. The molecule has 0 amide bonds. The van der Waals surface area contributed by atoms with Crippen LogP contribution in [0, 0.1) is 13.8 Å². The largest absolute Gasteiger partial charge is 0.241 e. The molecule has 0 N–H and O–H groups in total. The minimum absolute atomic E-state index is 1.09. The quantitative estimate of drug-likeness (QED) is 0.628. The fourth-order valence-corrected chi connectivity index (χ4v) is 3.15. The Kier molecular flexibility index (Phi) is 3.18. The average molecular weight is 265 g/mol. The summed E-state index contributed by atoms with van der Waals surface area (Å²) in [6.07, 6.45) is 0. The van der Waals surface area contributed by atoms with E-state index in [1.807, 2.05) is 6.07 Å². The summed E-state index contributed by atoms with van der Waals surface area (Å²) in [5.41, 5.74) is 4.83. The van der Waals surface area contributed by atoms with Crippen LogP contribution in [0.25, 0.3) is 21.0 Å². The third-order valence-corrected chi connectivity index (χ3v) is 4.39. The lowest BCUT2D eigenvalue weighted by Gasteiger charge is -1.99. The highest BCUT2D eigenvalue weighted by Crippen LogP contribution is 2.34. The van der Waals surface area contributed by atoms with Gasteiger partial charge in [0.05, 0.1) is 10.6 Å². The fourth-order valence-electron chi connectivity index (χ4n) is 2.07. The van der Waals surface area contributed by atoms with Gasteiger partial charge in [-0.1, -0.05) is 60.2 Å². The van der Waals surface area contributed by atoms with Crippen molar-refractivity contribution in [3.05, 3.63) is 65.9 Å². The van der Waals surface area contributed by atoms with Crippen LogP contribution in [0.3, 0.4) is 0 Å². The average Bonchev–Trinajstić information content (AvgIpc) is 2.83. The normalized spacial score (nSPS) is 10.6. The molecule has 3 aromatic rings. The van der Waals surface area contributed by atoms with Crippen molar-refractivity contribution in [1.82, 2.24) is 4.98 Å². The molecule has 0 atom stereocenters. The van der Waals surface area contributed by atoms with Crippen LogP contribution in [0.2, 0.25) is 0 Å². The number of aromatic nitrogens is 1. The minimum Gasteiger partial charge on any atom is -0.241 e. The van der Waals surface area contributed by atoms with Gasteiger partial charge < -0.3 is 0 Å². The first-order valence-electron chi connectivity index (χ1n) is 6.34. The standard InChI is InChI=1S/C17H15NS/c1-12-8-10-14(11-9-12)16-13(2)18-17(19-16)15-6-4-3-5-7-15/h3-11H,1-2H3. The van der Waals surface area contributed by atoms with E-state index in [2.05, 4.69) is 62.4 Å². The molecule has 0 saturated heterocycles. The van der Waals surface area contributed by atoms with Crippen molar-refractivity contribution in [1.29, 1.82) is 0 Å². The SMILES string of the molecule is Cc1ccc(-c2sc(-c3ccccc3)nc2C)cc1. The lowest BCUT2D eigenvalue weighted by Crippen LogP contribution is -1.79. The summed E-state index contributed by atoms with van der Waals surface area (Å²) in [7, 11) is 0. The van der Waals surface area contributed by atoms with Gasteiger partial charge in [0, 0.05) is 5.56 Å². The van der Waals surface area contributed by atoms with Crippen LogP contribution in [-0.2, 0) is 0 Å². The van der Waals surface area contributed by atoms with Crippen molar-refractivity contribution in [2.75, 3.05) is 0 Å². The molecule has 0 bridgehead atoms. The summed E-state index contributed by atoms with van der Waals surface area (Å²) in [5.74, 6) is 0. The molecule has 94 valence electrons. The number of aryl methyl sites for hydroxylation is 2. The number of nitrogens with zero attached hydrogens (tertiary/aromatic N) is 1. The molecule has 0 aliphatic carbocycles. The Hall–Kier alpha value is -1.93. The van der Waals surface area contributed by atoms with E-state index in [-0.39, 0.29) is 0 Å². The molecule has 19 heavy (non-hydrogen) atoms. The Balaban J connectivity index is 2.05. The van der Waals surface area contributed by atoms with Gasteiger partial charge in [-0.25, -0.2) is 4.98 Å². The van der Waals surface area contributed by atoms with E-state index in [9.17, 15) is 0 Å². The van der Waals surface area contributed by atoms with Crippen LogP contribution in [0.15, 0.2) is 54.6 Å². The molecule has 2 heteroatoms. The first kappa shape index (κ1) is 12.1. The number of hydrogen-bond donors (Lipinski definition) is 0. The first-order chi connectivity index (χ1) is 9.24. The Labute approximate surface area is 117 Å². The fraction of sp³-hybridized carbons (Fsp3) is 0.118. The highest BCUT2D eigenvalue weighted by atomic mass is 32.1. The Morgan fingerprint density at radius 2 is 1.47 bits per heavy atom. The van der Waals surface area contributed by atoms with Crippen LogP contribution >= 0.6 is 11.3 Å². The van der Waals surface area contributed by atoms with Crippen molar-refractivity contribution in [2.24, 2.45) is 0 Å². The van der Waals surface area contributed by atoms with Gasteiger partial charge >= 0.3 is 0 Å². The Morgan fingerprint density at radius 3 is 2.16 bits per heavy atom. The summed E-state index contributed by atoms with van der Waals surface area (Å²) < 4.78 is 0. The molecule has 1 heterocycles. The van der Waals surface area contributed by atoms with Crippen LogP contribution in [0.5, 0.6) is 0 Å². The van der Waals surface area contributed by atoms with Crippen molar-refractivity contribution in [2.45, 2.75) is 13.8 Å². The van der Waals surface area contributed by atoms with Gasteiger partial charge in [0.1, 0.15) is 5.01 Å². The second-order valence-corrected chi connectivity index (χ2v) is 5.66. The van der Waals surface area contributed by atoms with Crippen LogP contribution in [0.1, 0.15) is 11.3 Å². The van der Waals surface area contributed by atoms with Crippen molar-refractivity contribution in [3.8, 4) is 21.0 Å². The molecular formula is C17H15NS. The molecular weight excluding hydrogens is 250 g/mol. The molecule has 0 saturated carbocycles. The topological polar surface area (TPSA) is 12.9 Å². The van der Waals surface area contributed by atoms with E-state index in [0.717, 1.165) is 10.7 Å². The zero-order chi connectivity index (χ0) is 13.2. The van der Waals surface area contributed by atoms with E-state index in [4.69, 9.17) is 4.98 Å². The van der Waals surface area contributed by atoms with Gasteiger partial charge in [0.2, 0.25) is 0 Å². The molecule has 1 nitrogen and oxygen atoms in total. The van der Waals surface area contributed by atoms with Crippen LogP contribution in [0.4, 0.5) is 0 Å². The van der Waals surface area contributed by atoms with Crippen molar-refractivity contribution < 1.29 is 0 Å². The maximum Gasteiger partial charge on any atom is 0.124 e. The molecule has 0 spiro atoms. The van der Waals surface area contributed by atoms with Gasteiger partial charge in [-0.15, -0.1) is 11.3 Å². The predicted molar refractivity (Wildman–Crippen MR) is 82.5 cm³/mol. The third kappa shape index (κ3) is 2.45. The van der Waals surface area contributed by atoms with E-state index in [1.54, 1.807) is 11.3 Å². The number of rotatable bonds is 2.